The lowest BCUT2D eigenvalue weighted by molar-refractivity contribution is -0.186. The van der Waals surface area contributed by atoms with Crippen molar-refractivity contribution in [2.75, 3.05) is 32.3 Å². The number of hydrogen-bond acceptors (Lipinski definition) is 5. The van der Waals surface area contributed by atoms with Crippen molar-refractivity contribution in [2.24, 2.45) is 5.41 Å². The topological polar surface area (TPSA) is 55.8 Å². The Kier molecular flexibility index (Phi) is 3.74. The highest BCUT2D eigenvalue weighted by Crippen LogP contribution is 2.35. The van der Waals surface area contributed by atoms with Crippen LogP contribution in [0.4, 0.5) is 5.00 Å². The highest BCUT2D eigenvalue weighted by Gasteiger charge is 2.55. The summed E-state index contributed by atoms with van der Waals surface area (Å²) in [6.07, 6.45) is 0. The Hall–Kier alpha value is -0.920. The number of carbonyl (C=O) groups is 2. The predicted octanol–water partition coefficient (Wildman–Crippen LogP) is 1.66. The van der Waals surface area contributed by atoms with Crippen molar-refractivity contribution in [3.05, 3.63) is 15.9 Å². The van der Waals surface area contributed by atoms with Crippen molar-refractivity contribution in [2.45, 2.75) is 0 Å². The zero-order valence-corrected chi connectivity index (χ0v) is 12.3. The second-order valence-corrected chi connectivity index (χ2v) is 5.84. The maximum Gasteiger partial charge on any atom is 0.326 e. The second kappa shape index (κ2) is 4.99. The summed E-state index contributed by atoms with van der Waals surface area (Å²) in [4.78, 5) is 25.6. The van der Waals surface area contributed by atoms with Gasteiger partial charge in [0.05, 0.1) is 25.3 Å². The lowest BCUT2D eigenvalue weighted by atomic mass is 9.84. The number of halogens is 1. The number of carbonyl (C=O) groups excluding carboxylic acids is 2. The van der Waals surface area contributed by atoms with Crippen molar-refractivity contribution in [3.8, 4) is 0 Å². The summed E-state index contributed by atoms with van der Waals surface area (Å²) in [6.45, 7) is 0.158. The van der Waals surface area contributed by atoms with E-state index in [4.69, 9.17) is 9.47 Å². The Morgan fingerprint density at radius 1 is 1.56 bits per heavy atom. The smallest absolute Gasteiger partial charge is 0.326 e. The van der Waals surface area contributed by atoms with Gasteiger partial charge in [-0.25, -0.2) is 0 Å². The Labute approximate surface area is 117 Å². The summed E-state index contributed by atoms with van der Waals surface area (Å²) >= 11 is 4.75. The van der Waals surface area contributed by atoms with Gasteiger partial charge in [-0.3, -0.25) is 9.59 Å². The third-order valence-corrected chi connectivity index (χ3v) is 4.64. The Morgan fingerprint density at radius 3 is 2.61 bits per heavy atom. The van der Waals surface area contributed by atoms with Crippen LogP contribution in [0, 0.1) is 5.41 Å². The van der Waals surface area contributed by atoms with E-state index in [1.165, 1.54) is 23.3 Å². The average molecular weight is 334 g/mol. The van der Waals surface area contributed by atoms with Crippen LogP contribution in [0.2, 0.25) is 0 Å². The standard InChI is InChI=1S/C11H12BrNO4S/c1-13(8-3-7(12)4-18-8)9(14)11(5-17-6-11)10(15)16-2/h3-4H,5-6H2,1-2H3. The van der Waals surface area contributed by atoms with E-state index in [9.17, 15) is 9.59 Å². The van der Waals surface area contributed by atoms with Crippen LogP contribution >= 0.6 is 27.3 Å². The molecule has 18 heavy (non-hydrogen) atoms. The van der Waals surface area contributed by atoms with Crippen LogP contribution in [0.1, 0.15) is 0 Å². The molecule has 0 radical (unpaired) electrons. The normalized spacial score (nSPS) is 16.8. The van der Waals surface area contributed by atoms with E-state index in [0.717, 1.165) is 9.47 Å². The molecule has 1 aromatic heterocycles. The molecule has 1 aliphatic heterocycles. The van der Waals surface area contributed by atoms with Crippen LogP contribution in [0.25, 0.3) is 0 Å². The molecule has 2 rings (SSSR count). The number of thiophene rings is 1. The fourth-order valence-electron chi connectivity index (χ4n) is 1.73. The lowest BCUT2D eigenvalue weighted by Gasteiger charge is -2.38. The minimum atomic E-state index is -1.18. The number of rotatable bonds is 3. The molecule has 0 aromatic carbocycles. The molecule has 1 aromatic rings. The molecule has 0 unspecified atom stereocenters. The molecule has 1 saturated heterocycles. The molecule has 1 fully saturated rings. The largest absolute Gasteiger partial charge is 0.468 e. The summed E-state index contributed by atoms with van der Waals surface area (Å²) in [5.74, 6) is -0.837. The SMILES string of the molecule is COC(=O)C1(C(=O)N(C)c2cc(Br)cs2)COC1. The highest BCUT2D eigenvalue weighted by atomic mass is 79.9. The molecule has 7 heteroatoms. The highest BCUT2D eigenvalue weighted by molar-refractivity contribution is 9.10. The Morgan fingerprint density at radius 2 is 2.22 bits per heavy atom. The molecular formula is C11H12BrNO4S. The third kappa shape index (κ3) is 2.06. The van der Waals surface area contributed by atoms with Crippen LogP contribution < -0.4 is 4.90 Å². The molecule has 0 aliphatic carbocycles. The van der Waals surface area contributed by atoms with E-state index in [1.807, 2.05) is 11.4 Å². The van der Waals surface area contributed by atoms with E-state index in [-0.39, 0.29) is 19.1 Å². The molecule has 0 atom stereocenters. The van der Waals surface area contributed by atoms with Crippen molar-refractivity contribution < 1.29 is 19.1 Å². The van der Waals surface area contributed by atoms with Crippen molar-refractivity contribution in [3.63, 3.8) is 0 Å². The van der Waals surface area contributed by atoms with Crippen LogP contribution in [0.3, 0.4) is 0 Å². The lowest BCUT2D eigenvalue weighted by Crippen LogP contribution is -2.59. The van der Waals surface area contributed by atoms with Gasteiger partial charge in [-0.2, -0.15) is 0 Å². The summed E-state index contributed by atoms with van der Waals surface area (Å²) in [5, 5.41) is 2.64. The Balaban J connectivity index is 2.22. The quantitative estimate of drug-likeness (QED) is 0.623. The van der Waals surface area contributed by atoms with E-state index in [1.54, 1.807) is 7.05 Å². The second-order valence-electron chi connectivity index (χ2n) is 4.03. The van der Waals surface area contributed by atoms with Gasteiger partial charge in [-0.15, -0.1) is 11.3 Å². The van der Waals surface area contributed by atoms with E-state index >= 15 is 0 Å². The number of amides is 1. The molecular weight excluding hydrogens is 322 g/mol. The first kappa shape index (κ1) is 13.5. The first-order valence-electron chi connectivity index (χ1n) is 5.19. The molecule has 5 nitrogen and oxygen atoms in total. The fourth-order valence-corrected chi connectivity index (χ4v) is 3.12. The summed E-state index contributed by atoms with van der Waals surface area (Å²) in [6, 6.07) is 1.83. The van der Waals surface area contributed by atoms with Gasteiger partial charge in [0.15, 0.2) is 5.41 Å². The third-order valence-electron chi connectivity index (χ3n) is 2.87. The fraction of sp³-hybridized carbons (Fsp3) is 0.455. The monoisotopic (exact) mass is 333 g/mol. The molecule has 0 bridgehead atoms. The summed E-state index contributed by atoms with van der Waals surface area (Å²) in [5.41, 5.74) is -1.18. The van der Waals surface area contributed by atoms with E-state index in [2.05, 4.69) is 15.9 Å². The summed E-state index contributed by atoms with van der Waals surface area (Å²) in [7, 11) is 2.92. The van der Waals surface area contributed by atoms with Crippen molar-refractivity contribution in [1.29, 1.82) is 0 Å². The molecule has 0 spiro atoms. The molecule has 98 valence electrons. The van der Waals surface area contributed by atoms with Crippen LogP contribution in [0.15, 0.2) is 15.9 Å². The van der Waals surface area contributed by atoms with Gasteiger partial charge >= 0.3 is 5.97 Å². The maximum absolute atomic E-state index is 12.4. The van der Waals surface area contributed by atoms with Gasteiger partial charge in [0.25, 0.3) is 0 Å². The number of methoxy groups -OCH3 is 1. The molecule has 0 saturated carbocycles. The van der Waals surface area contributed by atoms with E-state index in [0.29, 0.717) is 0 Å². The van der Waals surface area contributed by atoms with Gasteiger partial charge in [-0.1, -0.05) is 0 Å². The van der Waals surface area contributed by atoms with Gasteiger partial charge < -0.3 is 14.4 Å². The summed E-state index contributed by atoms with van der Waals surface area (Å²) < 4.78 is 10.6. The maximum atomic E-state index is 12.4. The molecule has 0 N–H and O–H groups in total. The van der Waals surface area contributed by atoms with Crippen molar-refractivity contribution in [1.82, 2.24) is 0 Å². The minimum Gasteiger partial charge on any atom is -0.468 e. The first-order valence-corrected chi connectivity index (χ1v) is 6.87. The average Bonchev–Trinajstić information content (AvgIpc) is 2.72. The number of esters is 1. The molecule has 1 aliphatic rings. The van der Waals surface area contributed by atoms with Gasteiger partial charge in [0, 0.05) is 16.9 Å². The number of nitrogens with zero attached hydrogens (tertiary/aromatic N) is 1. The van der Waals surface area contributed by atoms with Crippen molar-refractivity contribution >= 4 is 44.1 Å². The van der Waals surface area contributed by atoms with Crippen LogP contribution in [-0.2, 0) is 19.1 Å². The van der Waals surface area contributed by atoms with Gasteiger partial charge in [-0.05, 0) is 22.0 Å². The zero-order chi connectivity index (χ0) is 13.3. The molecule has 1 amide bonds. The Bertz CT molecular complexity index is 483. The van der Waals surface area contributed by atoms with Gasteiger partial charge in [0.1, 0.15) is 0 Å². The zero-order valence-electron chi connectivity index (χ0n) is 9.94. The molecule has 2 heterocycles. The first-order chi connectivity index (χ1) is 8.51. The number of anilines is 1. The van der Waals surface area contributed by atoms with Crippen LogP contribution in [-0.4, -0.2) is 39.2 Å². The van der Waals surface area contributed by atoms with Crippen LogP contribution in [0.5, 0.6) is 0 Å². The number of hydrogen-bond donors (Lipinski definition) is 0. The van der Waals surface area contributed by atoms with Gasteiger partial charge in [0.2, 0.25) is 5.91 Å². The minimum absolute atomic E-state index is 0.0788. The predicted molar refractivity (Wildman–Crippen MR) is 70.7 cm³/mol. The number of ether oxygens (including phenoxy) is 2. The van der Waals surface area contributed by atoms with E-state index < -0.39 is 11.4 Å².